The third kappa shape index (κ3) is 4.25. The summed E-state index contributed by atoms with van der Waals surface area (Å²) in [6.45, 7) is -0.423. The summed E-state index contributed by atoms with van der Waals surface area (Å²) >= 11 is 1.28. The van der Waals surface area contributed by atoms with Gasteiger partial charge in [-0.2, -0.15) is 0 Å². The Labute approximate surface area is 169 Å². The van der Waals surface area contributed by atoms with Crippen LogP contribution >= 0.6 is 11.3 Å². The Bertz CT molecular complexity index is 1170. The van der Waals surface area contributed by atoms with E-state index in [-0.39, 0.29) is 5.56 Å². The Morgan fingerprint density at radius 2 is 2.00 bits per heavy atom. The van der Waals surface area contributed by atoms with E-state index < -0.39 is 18.5 Å². The number of carbonyl (C=O) groups excluding carboxylic acids is 2. The number of anilines is 1. The summed E-state index contributed by atoms with van der Waals surface area (Å²) in [5.41, 5.74) is 3.02. The number of hydrogen-bond donors (Lipinski definition) is 1. The molecule has 9 heteroatoms. The van der Waals surface area contributed by atoms with Crippen LogP contribution in [0.25, 0.3) is 22.4 Å². The Hall–Kier alpha value is -3.72. The van der Waals surface area contributed by atoms with Gasteiger partial charge in [-0.15, -0.1) is 11.3 Å². The lowest BCUT2D eigenvalue weighted by atomic mass is 10.2. The summed E-state index contributed by atoms with van der Waals surface area (Å²) in [6.07, 6.45) is 1.29. The first kappa shape index (κ1) is 18.6. The van der Waals surface area contributed by atoms with Crippen LogP contribution in [-0.4, -0.2) is 35.6 Å². The fraction of sp³-hybridized carbons (Fsp3) is 0.100. The number of nitrogens with one attached hydrogen (secondary N) is 1. The van der Waals surface area contributed by atoms with Crippen molar-refractivity contribution in [3.05, 3.63) is 59.8 Å². The number of benzene rings is 2. The molecule has 0 radical (unpaired) electrons. The number of fused-ring (bicyclic) bond motifs is 1. The maximum atomic E-state index is 12.1. The molecule has 1 amide bonds. The normalized spacial score (nSPS) is 10.7. The second-order valence-corrected chi connectivity index (χ2v) is 6.78. The number of amides is 1. The number of oxazole rings is 1. The molecule has 29 heavy (non-hydrogen) atoms. The predicted molar refractivity (Wildman–Crippen MR) is 107 cm³/mol. The molecule has 2 aromatic carbocycles. The van der Waals surface area contributed by atoms with E-state index in [1.165, 1.54) is 17.7 Å². The summed E-state index contributed by atoms with van der Waals surface area (Å²) in [5.74, 6) is -0.346. The summed E-state index contributed by atoms with van der Waals surface area (Å²) in [6, 6.07) is 12.2. The Balaban J connectivity index is 1.33. The van der Waals surface area contributed by atoms with Crippen molar-refractivity contribution in [3.8, 4) is 17.0 Å². The standard InChI is InChI=1S/C20H15N3O5S/c1-26-14-5-2-12(3-6-14)16-10-29-20(22-16)23-18(24)9-27-19(25)13-4-7-17-15(8-13)21-11-28-17/h2-8,10-11H,9H2,1H3,(H,22,23,24). The van der Waals surface area contributed by atoms with Gasteiger partial charge in [-0.3, -0.25) is 10.1 Å². The Morgan fingerprint density at radius 3 is 2.79 bits per heavy atom. The van der Waals surface area contributed by atoms with Gasteiger partial charge in [0.25, 0.3) is 5.91 Å². The zero-order valence-electron chi connectivity index (χ0n) is 15.2. The molecule has 0 aliphatic rings. The van der Waals surface area contributed by atoms with E-state index in [4.69, 9.17) is 13.9 Å². The van der Waals surface area contributed by atoms with Crippen LogP contribution in [0.2, 0.25) is 0 Å². The van der Waals surface area contributed by atoms with Gasteiger partial charge in [-0.1, -0.05) is 0 Å². The van der Waals surface area contributed by atoms with Crippen molar-refractivity contribution in [2.75, 3.05) is 19.0 Å². The SMILES string of the molecule is COc1ccc(-c2csc(NC(=O)COC(=O)c3ccc4ocnc4c3)n2)cc1. The highest BCUT2D eigenvalue weighted by Gasteiger charge is 2.13. The molecule has 0 aliphatic heterocycles. The van der Waals surface area contributed by atoms with E-state index in [2.05, 4.69) is 15.3 Å². The van der Waals surface area contributed by atoms with Crippen LogP contribution in [0.1, 0.15) is 10.4 Å². The fourth-order valence-corrected chi connectivity index (χ4v) is 3.32. The largest absolute Gasteiger partial charge is 0.497 e. The summed E-state index contributed by atoms with van der Waals surface area (Å²) in [7, 11) is 1.60. The number of rotatable bonds is 6. The van der Waals surface area contributed by atoms with Gasteiger partial charge < -0.3 is 13.9 Å². The minimum absolute atomic E-state index is 0.287. The zero-order chi connectivity index (χ0) is 20.2. The number of methoxy groups -OCH3 is 1. The summed E-state index contributed by atoms with van der Waals surface area (Å²) in [4.78, 5) is 32.6. The average molecular weight is 409 g/mol. The van der Waals surface area contributed by atoms with E-state index >= 15 is 0 Å². The highest BCUT2D eigenvalue weighted by Crippen LogP contribution is 2.26. The molecule has 4 aromatic rings. The number of nitrogens with zero attached hydrogens (tertiary/aromatic N) is 2. The van der Waals surface area contributed by atoms with Crippen molar-refractivity contribution in [1.82, 2.24) is 9.97 Å². The minimum Gasteiger partial charge on any atom is -0.497 e. The number of aromatic nitrogens is 2. The highest BCUT2D eigenvalue weighted by molar-refractivity contribution is 7.14. The lowest BCUT2D eigenvalue weighted by Gasteiger charge is -2.04. The maximum Gasteiger partial charge on any atom is 0.338 e. The van der Waals surface area contributed by atoms with Crippen LogP contribution in [0.3, 0.4) is 0 Å². The van der Waals surface area contributed by atoms with Crippen molar-refractivity contribution in [3.63, 3.8) is 0 Å². The van der Waals surface area contributed by atoms with Gasteiger partial charge in [0.15, 0.2) is 23.7 Å². The number of hydrogen-bond acceptors (Lipinski definition) is 8. The van der Waals surface area contributed by atoms with Crippen molar-refractivity contribution in [2.45, 2.75) is 0 Å². The average Bonchev–Trinajstić information content (AvgIpc) is 3.41. The number of ether oxygens (including phenoxy) is 2. The molecule has 4 rings (SSSR count). The van der Waals surface area contributed by atoms with Gasteiger partial charge in [-0.25, -0.2) is 14.8 Å². The molecule has 146 valence electrons. The van der Waals surface area contributed by atoms with E-state index in [9.17, 15) is 9.59 Å². The van der Waals surface area contributed by atoms with Gasteiger partial charge in [0.1, 0.15) is 11.3 Å². The van der Waals surface area contributed by atoms with Crippen LogP contribution in [0.4, 0.5) is 5.13 Å². The van der Waals surface area contributed by atoms with Gasteiger partial charge in [0, 0.05) is 10.9 Å². The second kappa shape index (κ2) is 8.11. The third-order valence-corrected chi connectivity index (χ3v) is 4.79. The molecule has 2 heterocycles. The molecule has 0 fully saturated rings. The minimum atomic E-state index is -0.622. The van der Waals surface area contributed by atoms with Crippen LogP contribution < -0.4 is 10.1 Å². The van der Waals surface area contributed by atoms with E-state index in [1.54, 1.807) is 25.3 Å². The molecule has 0 bridgehead atoms. The van der Waals surface area contributed by atoms with Crippen LogP contribution in [0.15, 0.2) is 58.7 Å². The van der Waals surface area contributed by atoms with E-state index in [0.717, 1.165) is 17.0 Å². The topological polar surface area (TPSA) is 104 Å². The van der Waals surface area contributed by atoms with Gasteiger partial charge in [0.05, 0.1) is 18.4 Å². The smallest absolute Gasteiger partial charge is 0.338 e. The van der Waals surface area contributed by atoms with Crippen LogP contribution in [0.5, 0.6) is 5.75 Å². The molecule has 2 aromatic heterocycles. The Morgan fingerprint density at radius 1 is 1.17 bits per heavy atom. The zero-order valence-corrected chi connectivity index (χ0v) is 16.1. The highest BCUT2D eigenvalue weighted by atomic mass is 32.1. The molecular weight excluding hydrogens is 394 g/mol. The molecular formula is C20H15N3O5S. The molecule has 0 saturated carbocycles. The molecule has 0 atom stereocenters. The molecule has 0 saturated heterocycles. The maximum absolute atomic E-state index is 12.1. The fourth-order valence-electron chi connectivity index (χ4n) is 2.58. The summed E-state index contributed by atoms with van der Waals surface area (Å²) < 4.78 is 15.3. The van der Waals surface area contributed by atoms with Crippen molar-refractivity contribution < 1.29 is 23.5 Å². The van der Waals surface area contributed by atoms with Crippen molar-refractivity contribution in [1.29, 1.82) is 0 Å². The molecule has 1 N–H and O–H groups in total. The van der Waals surface area contributed by atoms with Crippen molar-refractivity contribution in [2.24, 2.45) is 0 Å². The third-order valence-electron chi connectivity index (χ3n) is 4.04. The Kier molecular flexibility index (Phi) is 5.21. The second-order valence-electron chi connectivity index (χ2n) is 5.93. The predicted octanol–water partition coefficient (Wildman–Crippen LogP) is 3.76. The molecule has 0 spiro atoms. The number of thiazole rings is 1. The first-order valence-electron chi connectivity index (χ1n) is 8.52. The monoisotopic (exact) mass is 409 g/mol. The van der Waals surface area contributed by atoms with Gasteiger partial charge in [0.2, 0.25) is 0 Å². The number of carbonyl (C=O) groups is 2. The quantitative estimate of drug-likeness (QED) is 0.484. The first-order valence-corrected chi connectivity index (χ1v) is 9.40. The van der Waals surface area contributed by atoms with E-state index in [1.807, 2.05) is 29.6 Å². The number of esters is 1. The lowest BCUT2D eigenvalue weighted by molar-refractivity contribution is -0.119. The molecule has 0 unspecified atom stereocenters. The van der Waals surface area contributed by atoms with Crippen LogP contribution in [0, 0.1) is 0 Å². The van der Waals surface area contributed by atoms with Gasteiger partial charge >= 0.3 is 5.97 Å². The van der Waals surface area contributed by atoms with Gasteiger partial charge in [-0.05, 0) is 42.5 Å². The van der Waals surface area contributed by atoms with E-state index in [0.29, 0.717) is 16.2 Å². The van der Waals surface area contributed by atoms with Crippen LogP contribution in [-0.2, 0) is 9.53 Å². The molecule has 8 nitrogen and oxygen atoms in total. The summed E-state index contributed by atoms with van der Waals surface area (Å²) in [5, 5.41) is 4.87. The van der Waals surface area contributed by atoms with Crippen molar-refractivity contribution >= 4 is 39.4 Å². The first-order chi connectivity index (χ1) is 14.1. The lowest BCUT2D eigenvalue weighted by Crippen LogP contribution is -2.20. The molecule has 0 aliphatic carbocycles.